The third-order valence-electron chi connectivity index (χ3n) is 3.61. The Kier molecular flexibility index (Phi) is 3.48. The zero-order valence-electron chi connectivity index (χ0n) is 11.6. The second-order valence-corrected chi connectivity index (χ2v) is 5.15. The first kappa shape index (κ1) is 12.8. The SMILES string of the molecule is Cc1ccc(CN)c(Cc2ccc3ccccc3n2)c1. The molecule has 0 aliphatic carbocycles. The number of hydrogen-bond donors (Lipinski definition) is 1. The Bertz CT molecular complexity index is 747. The van der Waals surface area contributed by atoms with E-state index in [4.69, 9.17) is 10.7 Å². The van der Waals surface area contributed by atoms with E-state index in [9.17, 15) is 0 Å². The molecule has 0 fully saturated rings. The molecule has 1 aromatic heterocycles. The van der Waals surface area contributed by atoms with E-state index in [2.05, 4.69) is 49.4 Å². The van der Waals surface area contributed by atoms with Crippen molar-refractivity contribution in [3.63, 3.8) is 0 Å². The van der Waals surface area contributed by atoms with Gasteiger partial charge in [0.25, 0.3) is 0 Å². The van der Waals surface area contributed by atoms with Crippen molar-refractivity contribution in [1.82, 2.24) is 4.98 Å². The number of hydrogen-bond acceptors (Lipinski definition) is 2. The quantitative estimate of drug-likeness (QED) is 0.783. The maximum atomic E-state index is 5.82. The Morgan fingerprint density at radius 1 is 0.950 bits per heavy atom. The minimum atomic E-state index is 0.573. The lowest BCUT2D eigenvalue weighted by Crippen LogP contribution is -2.03. The van der Waals surface area contributed by atoms with Crippen LogP contribution < -0.4 is 5.73 Å². The van der Waals surface area contributed by atoms with Gasteiger partial charge in [0.05, 0.1) is 5.52 Å². The highest BCUT2D eigenvalue weighted by molar-refractivity contribution is 5.78. The van der Waals surface area contributed by atoms with E-state index in [1.165, 1.54) is 22.1 Å². The summed E-state index contributed by atoms with van der Waals surface area (Å²) in [6, 6.07) is 18.9. The maximum absolute atomic E-state index is 5.82. The summed E-state index contributed by atoms with van der Waals surface area (Å²) in [6.07, 6.45) is 0.832. The molecule has 0 aliphatic rings. The molecule has 2 heteroatoms. The number of fused-ring (bicyclic) bond motifs is 1. The average Bonchev–Trinajstić information content (AvgIpc) is 2.47. The fraction of sp³-hybridized carbons (Fsp3) is 0.167. The Labute approximate surface area is 119 Å². The van der Waals surface area contributed by atoms with Gasteiger partial charge in [0.2, 0.25) is 0 Å². The van der Waals surface area contributed by atoms with E-state index in [-0.39, 0.29) is 0 Å². The van der Waals surface area contributed by atoms with Crippen LogP contribution in [0.3, 0.4) is 0 Å². The highest BCUT2D eigenvalue weighted by Crippen LogP contribution is 2.18. The summed E-state index contributed by atoms with van der Waals surface area (Å²) in [5.74, 6) is 0. The van der Waals surface area contributed by atoms with E-state index in [0.29, 0.717) is 6.54 Å². The maximum Gasteiger partial charge on any atom is 0.0705 e. The third kappa shape index (κ3) is 2.56. The molecule has 0 unspecified atom stereocenters. The monoisotopic (exact) mass is 262 g/mol. The van der Waals surface area contributed by atoms with Gasteiger partial charge in [-0.15, -0.1) is 0 Å². The van der Waals surface area contributed by atoms with Gasteiger partial charge in [-0.25, -0.2) is 0 Å². The molecule has 0 atom stereocenters. The van der Waals surface area contributed by atoms with Crippen molar-refractivity contribution in [1.29, 1.82) is 0 Å². The van der Waals surface area contributed by atoms with Crippen molar-refractivity contribution in [2.24, 2.45) is 5.73 Å². The summed E-state index contributed by atoms with van der Waals surface area (Å²) in [5.41, 5.74) is 11.7. The standard InChI is InChI=1S/C18H18N2/c1-13-6-7-15(12-19)16(10-13)11-17-9-8-14-4-2-3-5-18(14)20-17/h2-10H,11-12,19H2,1H3. The Balaban J connectivity index is 1.98. The molecule has 0 bridgehead atoms. The number of para-hydroxylation sites is 1. The van der Waals surface area contributed by atoms with Gasteiger partial charge >= 0.3 is 0 Å². The van der Waals surface area contributed by atoms with Crippen molar-refractivity contribution in [2.75, 3.05) is 0 Å². The number of rotatable bonds is 3. The van der Waals surface area contributed by atoms with Crippen molar-refractivity contribution in [3.8, 4) is 0 Å². The lowest BCUT2D eigenvalue weighted by atomic mass is 10.00. The van der Waals surface area contributed by atoms with Gasteiger partial charge in [-0.1, -0.05) is 48.0 Å². The molecular weight excluding hydrogens is 244 g/mol. The second kappa shape index (κ2) is 5.43. The lowest BCUT2D eigenvalue weighted by Gasteiger charge is -2.09. The minimum absolute atomic E-state index is 0.573. The van der Waals surface area contributed by atoms with Gasteiger partial charge in [-0.05, 0) is 30.2 Å². The molecule has 2 N–H and O–H groups in total. The number of nitrogens with two attached hydrogens (primary N) is 1. The highest BCUT2D eigenvalue weighted by Gasteiger charge is 2.05. The zero-order valence-corrected chi connectivity index (χ0v) is 11.6. The predicted octanol–water partition coefficient (Wildman–Crippen LogP) is 3.59. The van der Waals surface area contributed by atoms with Crippen LogP contribution in [0, 0.1) is 6.92 Å². The molecule has 20 heavy (non-hydrogen) atoms. The third-order valence-corrected chi connectivity index (χ3v) is 3.61. The van der Waals surface area contributed by atoms with Crippen molar-refractivity contribution in [3.05, 3.63) is 77.0 Å². The van der Waals surface area contributed by atoms with Crippen LogP contribution >= 0.6 is 0 Å². The number of pyridine rings is 1. The average molecular weight is 262 g/mol. The summed E-state index contributed by atoms with van der Waals surface area (Å²) in [7, 11) is 0. The first-order valence-corrected chi connectivity index (χ1v) is 6.89. The van der Waals surface area contributed by atoms with E-state index in [1.54, 1.807) is 0 Å². The Morgan fingerprint density at radius 3 is 2.65 bits per heavy atom. The second-order valence-electron chi connectivity index (χ2n) is 5.15. The van der Waals surface area contributed by atoms with Crippen LogP contribution in [0.1, 0.15) is 22.4 Å². The predicted molar refractivity (Wildman–Crippen MR) is 83.6 cm³/mol. The molecule has 0 amide bonds. The van der Waals surface area contributed by atoms with E-state index in [1.807, 2.05) is 12.1 Å². The molecule has 0 saturated heterocycles. The molecule has 0 saturated carbocycles. The fourth-order valence-electron chi connectivity index (χ4n) is 2.52. The molecule has 2 aromatic carbocycles. The summed E-state index contributed by atoms with van der Waals surface area (Å²) < 4.78 is 0. The molecule has 0 spiro atoms. The van der Waals surface area contributed by atoms with Crippen LogP contribution in [-0.2, 0) is 13.0 Å². The van der Waals surface area contributed by atoms with E-state index in [0.717, 1.165) is 17.6 Å². The van der Waals surface area contributed by atoms with Gasteiger partial charge < -0.3 is 5.73 Å². The van der Waals surface area contributed by atoms with Crippen LogP contribution in [0.25, 0.3) is 10.9 Å². The first-order valence-electron chi connectivity index (χ1n) is 6.89. The molecule has 100 valence electrons. The van der Waals surface area contributed by atoms with Crippen LogP contribution in [-0.4, -0.2) is 4.98 Å². The zero-order chi connectivity index (χ0) is 13.9. The topological polar surface area (TPSA) is 38.9 Å². The van der Waals surface area contributed by atoms with Crippen molar-refractivity contribution in [2.45, 2.75) is 19.9 Å². The number of aryl methyl sites for hydroxylation is 1. The molecule has 2 nitrogen and oxygen atoms in total. The summed E-state index contributed by atoms with van der Waals surface area (Å²) in [5, 5.41) is 1.18. The lowest BCUT2D eigenvalue weighted by molar-refractivity contribution is 0.997. The van der Waals surface area contributed by atoms with Crippen LogP contribution in [0.4, 0.5) is 0 Å². The van der Waals surface area contributed by atoms with Crippen LogP contribution in [0.15, 0.2) is 54.6 Å². The molecule has 0 radical (unpaired) electrons. The number of aromatic nitrogens is 1. The molecular formula is C18H18N2. The molecule has 1 heterocycles. The smallest absolute Gasteiger partial charge is 0.0705 e. The van der Waals surface area contributed by atoms with Gasteiger partial charge in [0, 0.05) is 24.0 Å². The van der Waals surface area contributed by atoms with Crippen LogP contribution in [0.2, 0.25) is 0 Å². The summed E-state index contributed by atoms with van der Waals surface area (Å²) in [6.45, 7) is 2.68. The number of nitrogens with zero attached hydrogens (tertiary/aromatic N) is 1. The normalized spacial score (nSPS) is 10.9. The van der Waals surface area contributed by atoms with Crippen LogP contribution in [0.5, 0.6) is 0 Å². The van der Waals surface area contributed by atoms with Gasteiger partial charge in [0.1, 0.15) is 0 Å². The van der Waals surface area contributed by atoms with E-state index >= 15 is 0 Å². The van der Waals surface area contributed by atoms with Crippen molar-refractivity contribution < 1.29 is 0 Å². The molecule has 3 aromatic rings. The Hall–Kier alpha value is -2.19. The largest absolute Gasteiger partial charge is 0.326 e. The van der Waals surface area contributed by atoms with Crippen molar-refractivity contribution >= 4 is 10.9 Å². The highest BCUT2D eigenvalue weighted by atomic mass is 14.7. The van der Waals surface area contributed by atoms with Gasteiger partial charge in [0.15, 0.2) is 0 Å². The molecule has 0 aliphatic heterocycles. The summed E-state index contributed by atoms with van der Waals surface area (Å²) >= 11 is 0. The van der Waals surface area contributed by atoms with Gasteiger partial charge in [-0.2, -0.15) is 0 Å². The summed E-state index contributed by atoms with van der Waals surface area (Å²) in [4.78, 5) is 4.73. The van der Waals surface area contributed by atoms with E-state index < -0.39 is 0 Å². The fourth-order valence-corrected chi connectivity index (χ4v) is 2.52. The molecule has 3 rings (SSSR count). The Morgan fingerprint density at radius 2 is 1.80 bits per heavy atom. The van der Waals surface area contributed by atoms with Gasteiger partial charge in [-0.3, -0.25) is 4.98 Å². The minimum Gasteiger partial charge on any atom is -0.326 e. The number of benzene rings is 2. The first-order chi connectivity index (χ1) is 9.76.